The second kappa shape index (κ2) is 8.11. The summed E-state index contributed by atoms with van der Waals surface area (Å²) in [5.74, 6) is 0.451. The Hall–Kier alpha value is -0.450. The molecule has 0 amide bonds. The number of likely N-dealkylation sites (tertiary alicyclic amines) is 1. The van der Waals surface area contributed by atoms with Crippen LogP contribution in [0.15, 0.2) is 22.7 Å². The maximum atomic E-state index is 13.2. The average Bonchev–Trinajstić information content (AvgIpc) is 2.44. The van der Waals surface area contributed by atoms with Crippen LogP contribution < -0.4 is 5.32 Å². The molecule has 1 aromatic rings. The standard InChI is InChI=1S/C16H24BrFN2/c1-13(12-20-7-3-2-4-8-20)10-19-11-14-9-15(18)5-6-16(14)17/h5-6,9,13,19H,2-4,7-8,10-12H2,1H3. The second-order valence-corrected chi connectivity index (χ2v) is 6.69. The largest absolute Gasteiger partial charge is 0.312 e. The Morgan fingerprint density at radius 1 is 1.30 bits per heavy atom. The first kappa shape index (κ1) is 15.9. The zero-order valence-electron chi connectivity index (χ0n) is 12.2. The fraction of sp³-hybridized carbons (Fsp3) is 0.625. The Bertz CT molecular complexity index is 419. The van der Waals surface area contributed by atoms with Crippen LogP contribution in [0.5, 0.6) is 0 Å². The van der Waals surface area contributed by atoms with Gasteiger partial charge in [0, 0.05) is 17.6 Å². The van der Waals surface area contributed by atoms with Gasteiger partial charge in [-0.1, -0.05) is 29.3 Å². The Balaban J connectivity index is 1.70. The molecule has 0 saturated carbocycles. The van der Waals surface area contributed by atoms with E-state index < -0.39 is 0 Å². The minimum atomic E-state index is -0.175. The number of hydrogen-bond acceptors (Lipinski definition) is 2. The number of rotatable bonds is 6. The van der Waals surface area contributed by atoms with Crippen molar-refractivity contribution in [3.63, 3.8) is 0 Å². The monoisotopic (exact) mass is 342 g/mol. The van der Waals surface area contributed by atoms with E-state index in [4.69, 9.17) is 0 Å². The zero-order valence-corrected chi connectivity index (χ0v) is 13.8. The van der Waals surface area contributed by atoms with E-state index in [0.29, 0.717) is 12.5 Å². The third kappa shape index (κ3) is 5.15. The number of nitrogens with zero attached hydrogens (tertiary/aromatic N) is 1. The van der Waals surface area contributed by atoms with Crippen LogP contribution in [-0.2, 0) is 6.54 Å². The molecule has 2 rings (SSSR count). The van der Waals surface area contributed by atoms with Gasteiger partial charge in [-0.15, -0.1) is 0 Å². The minimum Gasteiger partial charge on any atom is -0.312 e. The van der Waals surface area contributed by atoms with Gasteiger partial charge in [0.15, 0.2) is 0 Å². The van der Waals surface area contributed by atoms with Crippen molar-refractivity contribution in [2.75, 3.05) is 26.2 Å². The van der Waals surface area contributed by atoms with E-state index in [1.165, 1.54) is 38.4 Å². The third-order valence-electron chi connectivity index (χ3n) is 3.83. The van der Waals surface area contributed by atoms with Crippen molar-refractivity contribution in [2.24, 2.45) is 5.92 Å². The number of halogens is 2. The van der Waals surface area contributed by atoms with Gasteiger partial charge in [-0.2, -0.15) is 0 Å². The number of piperidine rings is 1. The maximum Gasteiger partial charge on any atom is 0.123 e. The molecule has 112 valence electrons. The molecule has 1 fully saturated rings. The van der Waals surface area contributed by atoms with E-state index in [-0.39, 0.29) is 5.82 Å². The van der Waals surface area contributed by atoms with E-state index in [0.717, 1.165) is 23.1 Å². The second-order valence-electron chi connectivity index (χ2n) is 5.83. The highest BCUT2D eigenvalue weighted by Crippen LogP contribution is 2.17. The summed E-state index contributed by atoms with van der Waals surface area (Å²) in [6.07, 6.45) is 4.07. The normalized spacial score (nSPS) is 18.1. The summed E-state index contributed by atoms with van der Waals surface area (Å²) in [6.45, 7) is 7.63. The fourth-order valence-electron chi connectivity index (χ4n) is 2.78. The summed E-state index contributed by atoms with van der Waals surface area (Å²) < 4.78 is 14.2. The molecular formula is C16H24BrFN2. The Morgan fingerprint density at radius 3 is 2.80 bits per heavy atom. The average molecular weight is 343 g/mol. The number of hydrogen-bond donors (Lipinski definition) is 1. The lowest BCUT2D eigenvalue weighted by atomic mass is 10.1. The van der Waals surface area contributed by atoms with Crippen LogP contribution in [0.4, 0.5) is 4.39 Å². The van der Waals surface area contributed by atoms with Crippen LogP contribution in [0.25, 0.3) is 0 Å². The first-order valence-corrected chi connectivity index (χ1v) is 8.31. The Morgan fingerprint density at radius 2 is 2.05 bits per heavy atom. The molecule has 1 unspecified atom stereocenters. The summed E-state index contributed by atoms with van der Waals surface area (Å²) >= 11 is 3.46. The first-order chi connectivity index (χ1) is 9.65. The Kier molecular flexibility index (Phi) is 6.46. The fourth-order valence-corrected chi connectivity index (χ4v) is 3.17. The van der Waals surface area contributed by atoms with Crippen molar-refractivity contribution < 1.29 is 4.39 Å². The molecule has 1 atom stereocenters. The molecule has 4 heteroatoms. The molecule has 20 heavy (non-hydrogen) atoms. The van der Waals surface area contributed by atoms with Gasteiger partial charge >= 0.3 is 0 Å². The van der Waals surface area contributed by atoms with Gasteiger partial charge in [-0.25, -0.2) is 4.39 Å². The van der Waals surface area contributed by atoms with E-state index in [1.54, 1.807) is 12.1 Å². The summed E-state index contributed by atoms with van der Waals surface area (Å²) in [7, 11) is 0. The molecule has 1 saturated heterocycles. The van der Waals surface area contributed by atoms with Crippen LogP contribution in [-0.4, -0.2) is 31.1 Å². The molecule has 1 heterocycles. The van der Waals surface area contributed by atoms with Crippen LogP contribution in [0.1, 0.15) is 31.7 Å². The third-order valence-corrected chi connectivity index (χ3v) is 4.61. The van der Waals surface area contributed by atoms with Crippen molar-refractivity contribution in [3.05, 3.63) is 34.1 Å². The summed E-state index contributed by atoms with van der Waals surface area (Å²) in [5.41, 5.74) is 0.982. The molecule has 0 aliphatic carbocycles. The van der Waals surface area contributed by atoms with Gasteiger partial charge in [-0.3, -0.25) is 0 Å². The van der Waals surface area contributed by atoms with Gasteiger partial charge in [0.1, 0.15) is 5.82 Å². The molecule has 1 aromatic carbocycles. The SMILES string of the molecule is CC(CNCc1cc(F)ccc1Br)CN1CCCCC1. The van der Waals surface area contributed by atoms with Crippen LogP contribution in [0.3, 0.4) is 0 Å². The van der Waals surface area contributed by atoms with E-state index in [9.17, 15) is 4.39 Å². The van der Waals surface area contributed by atoms with Gasteiger partial charge < -0.3 is 10.2 Å². The minimum absolute atomic E-state index is 0.175. The molecule has 0 spiro atoms. The molecule has 1 aliphatic rings. The number of benzene rings is 1. The van der Waals surface area contributed by atoms with Gasteiger partial charge in [-0.05, 0) is 62.2 Å². The van der Waals surface area contributed by atoms with Crippen molar-refractivity contribution in [1.82, 2.24) is 10.2 Å². The van der Waals surface area contributed by atoms with Gasteiger partial charge in [0.2, 0.25) is 0 Å². The van der Waals surface area contributed by atoms with E-state index in [2.05, 4.69) is 33.1 Å². The topological polar surface area (TPSA) is 15.3 Å². The highest BCUT2D eigenvalue weighted by atomic mass is 79.9. The summed E-state index contributed by atoms with van der Waals surface area (Å²) in [6, 6.07) is 4.84. The predicted molar refractivity (Wildman–Crippen MR) is 85.3 cm³/mol. The zero-order chi connectivity index (χ0) is 14.4. The molecule has 1 aliphatic heterocycles. The van der Waals surface area contributed by atoms with Crippen molar-refractivity contribution in [1.29, 1.82) is 0 Å². The lowest BCUT2D eigenvalue weighted by molar-refractivity contribution is 0.199. The molecule has 0 bridgehead atoms. The van der Waals surface area contributed by atoms with Crippen molar-refractivity contribution >= 4 is 15.9 Å². The predicted octanol–water partition coefficient (Wildman–Crippen LogP) is 3.80. The summed E-state index contributed by atoms with van der Waals surface area (Å²) in [4.78, 5) is 2.56. The van der Waals surface area contributed by atoms with E-state index >= 15 is 0 Å². The summed E-state index contributed by atoms with van der Waals surface area (Å²) in [5, 5.41) is 3.44. The molecule has 1 N–H and O–H groups in total. The first-order valence-electron chi connectivity index (χ1n) is 7.52. The highest BCUT2D eigenvalue weighted by molar-refractivity contribution is 9.10. The van der Waals surface area contributed by atoms with Crippen LogP contribution >= 0.6 is 15.9 Å². The van der Waals surface area contributed by atoms with Crippen molar-refractivity contribution in [3.8, 4) is 0 Å². The maximum absolute atomic E-state index is 13.2. The smallest absolute Gasteiger partial charge is 0.123 e. The van der Waals surface area contributed by atoms with Gasteiger partial charge in [0.25, 0.3) is 0 Å². The molecule has 2 nitrogen and oxygen atoms in total. The van der Waals surface area contributed by atoms with Gasteiger partial charge in [0.05, 0.1) is 0 Å². The van der Waals surface area contributed by atoms with Crippen LogP contribution in [0.2, 0.25) is 0 Å². The van der Waals surface area contributed by atoms with E-state index in [1.807, 2.05) is 0 Å². The van der Waals surface area contributed by atoms with Crippen molar-refractivity contribution in [2.45, 2.75) is 32.7 Å². The molecule has 0 radical (unpaired) electrons. The van der Waals surface area contributed by atoms with Crippen LogP contribution in [0, 0.1) is 11.7 Å². The molecular weight excluding hydrogens is 319 g/mol. The lowest BCUT2D eigenvalue weighted by Crippen LogP contribution is -2.36. The Labute approximate surface area is 129 Å². The number of nitrogens with one attached hydrogen (secondary N) is 1. The highest BCUT2D eigenvalue weighted by Gasteiger charge is 2.13. The lowest BCUT2D eigenvalue weighted by Gasteiger charge is -2.29. The quantitative estimate of drug-likeness (QED) is 0.845. The molecule has 0 aromatic heterocycles.